The highest BCUT2D eigenvalue weighted by Crippen LogP contribution is 2.44. The highest BCUT2D eigenvalue weighted by molar-refractivity contribution is 7.91. The molecule has 0 fully saturated rings. The summed E-state index contributed by atoms with van der Waals surface area (Å²) in [6, 6.07) is 15.7. The van der Waals surface area contributed by atoms with Gasteiger partial charge in [-0.05, 0) is 35.9 Å². The van der Waals surface area contributed by atoms with Crippen LogP contribution >= 0.6 is 7.82 Å². The summed E-state index contributed by atoms with van der Waals surface area (Å²) in [5.41, 5.74) is 7.60. The molecule has 7 N–H and O–H groups in total. The molecule has 0 aliphatic rings. The number of para-hydroxylation sites is 1. The van der Waals surface area contributed by atoms with Gasteiger partial charge >= 0.3 is 7.82 Å². The predicted molar refractivity (Wildman–Crippen MR) is 141 cm³/mol. The van der Waals surface area contributed by atoms with Crippen LogP contribution in [0.4, 0.5) is 11.4 Å². The summed E-state index contributed by atoms with van der Waals surface area (Å²) in [6.07, 6.45) is -3.23. The van der Waals surface area contributed by atoms with Gasteiger partial charge in [0.1, 0.15) is 28.7 Å². The summed E-state index contributed by atoms with van der Waals surface area (Å²) in [7, 11) is -7.65. The standard InChI is InChI=1S/C24H26N3O9PS/c1-35-21-11-15(25)7-9-22(21)38(33,34)13-26-23-16-4-2-3-5-18(16)27-19-8-6-14(10-17(19)23)24(20(29)12-28)36-37(30,31)32/h2-11,20,24,28-29H,12-13,25H2,1H3,(H,26,27)(H2,30,31,32). The van der Waals surface area contributed by atoms with E-state index in [1.807, 2.05) is 0 Å². The maximum Gasteiger partial charge on any atom is 0.470 e. The molecule has 0 saturated heterocycles. The first-order valence-corrected chi connectivity index (χ1v) is 14.4. The van der Waals surface area contributed by atoms with Crippen molar-refractivity contribution < 1.29 is 42.2 Å². The van der Waals surface area contributed by atoms with Crippen LogP contribution in [-0.4, -0.2) is 59.1 Å². The molecule has 12 nitrogen and oxygen atoms in total. The lowest BCUT2D eigenvalue weighted by atomic mass is 10.00. The number of benzene rings is 3. The fourth-order valence-corrected chi connectivity index (χ4v) is 5.83. The van der Waals surface area contributed by atoms with Crippen molar-refractivity contribution in [2.45, 2.75) is 17.1 Å². The van der Waals surface area contributed by atoms with Crippen LogP contribution in [0.25, 0.3) is 21.8 Å². The molecule has 38 heavy (non-hydrogen) atoms. The number of nitrogens with one attached hydrogen (secondary N) is 1. The molecule has 4 aromatic rings. The number of phosphoric ester groups is 1. The minimum atomic E-state index is -5.05. The number of hydrogen-bond donors (Lipinski definition) is 6. The number of nitrogens with two attached hydrogens (primary N) is 1. The highest BCUT2D eigenvalue weighted by Gasteiger charge is 2.30. The number of methoxy groups -OCH3 is 1. The Bertz CT molecular complexity index is 1640. The van der Waals surface area contributed by atoms with Crippen molar-refractivity contribution in [3.05, 3.63) is 66.2 Å². The number of phosphoric acid groups is 1. The number of sulfone groups is 1. The summed E-state index contributed by atoms with van der Waals surface area (Å²) in [5, 5.41) is 23.6. The van der Waals surface area contributed by atoms with Gasteiger partial charge in [0.2, 0.25) is 0 Å². The summed E-state index contributed by atoms with van der Waals surface area (Å²) in [5.74, 6) is -0.448. The fraction of sp³-hybridized carbons (Fsp3) is 0.208. The van der Waals surface area contributed by atoms with Crippen molar-refractivity contribution in [2.24, 2.45) is 0 Å². The lowest BCUT2D eigenvalue weighted by molar-refractivity contribution is -0.0147. The van der Waals surface area contributed by atoms with Crippen molar-refractivity contribution in [1.82, 2.24) is 4.98 Å². The van der Waals surface area contributed by atoms with Crippen molar-refractivity contribution in [3.8, 4) is 5.75 Å². The topological polar surface area (TPSA) is 202 Å². The third-order valence-corrected chi connectivity index (χ3v) is 7.82. The first-order chi connectivity index (χ1) is 17.9. The Kier molecular flexibility index (Phi) is 7.90. The third kappa shape index (κ3) is 5.89. The number of anilines is 2. The van der Waals surface area contributed by atoms with E-state index in [1.165, 1.54) is 37.4 Å². The van der Waals surface area contributed by atoms with E-state index in [4.69, 9.17) is 15.0 Å². The van der Waals surface area contributed by atoms with Gasteiger partial charge in [-0.1, -0.05) is 24.3 Å². The highest BCUT2D eigenvalue weighted by atomic mass is 32.2. The smallest absolute Gasteiger partial charge is 0.470 e. The average molecular weight is 564 g/mol. The Morgan fingerprint density at radius 1 is 1.05 bits per heavy atom. The van der Waals surface area contributed by atoms with Gasteiger partial charge in [0.25, 0.3) is 0 Å². The number of pyridine rings is 1. The number of rotatable bonds is 10. The Morgan fingerprint density at radius 3 is 2.45 bits per heavy atom. The van der Waals surface area contributed by atoms with Gasteiger partial charge in [-0.3, -0.25) is 4.52 Å². The van der Waals surface area contributed by atoms with E-state index in [9.17, 15) is 33.0 Å². The van der Waals surface area contributed by atoms with E-state index in [-0.39, 0.29) is 16.2 Å². The second kappa shape index (κ2) is 10.8. The molecule has 4 rings (SSSR count). The number of fused-ring (bicyclic) bond motifs is 2. The zero-order valence-electron chi connectivity index (χ0n) is 20.1. The lowest BCUT2D eigenvalue weighted by Crippen LogP contribution is -2.24. The number of nitrogen functional groups attached to an aromatic ring is 1. The van der Waals surface area contributed by atoms with E-state index in [2.05, 4.69) is 10.3 Å². The molecule has 202 valence electrons. The molecule has 14 heteroatoms. The second-order valence-electron chi connectivity index (χ2n) is 8.39. The molecule has 0 amide bonds. The molecule has 1 aromatic heterocycles. The monoisotopic (exact) mass is 563 g/mol. The van der Waals surface area contributed by atoms with E-state index < -0.39 is 42.4 Å². The van der Waals surface area contributed by atoms with Crippen LogP contribution in [0.15, 0.2) is 65.6 Å². The number of ether oxygens (including phenoxy) is 1. The molecular weight excluding hydrogens is 537 g/mol. The van der Waals surface area contributed by atoms with Gasteiger partial charge in [-0.2, -0.15) is 0 Å². The SMILES string of the molecule is COc1cc(N)ccc1S(=O)(=O)CNc1c2ccccc2nc2ccc(C(OP(=O)(O)O)C(O)CO)cc12. The molecule has 2 unspecified atom stereocenters. The normalized spacial score (nSPS) is 13.9. The first-order valence-electron chi connectivity index (χ1n) is 11.2. The van der Waals surface area contributed by atoms with Crippen LogP contribution in [0.5, 0.6) is 5.75 Å². The third-order valence-electron chi connectivity index (χ3n) is 5.78. The summed E-state index contributed by atoms with van der Waals surface area (Å²) >= 11 is 0. The van der Waals surface area contributed by atoms with Crippen molar-refractivity contribution >= 4 is 50.8 Å². The second-order valence-corrected chi connectivity index (χ2v) is 11.5. The Hall–Kier alpha value is -3.29. The van der Waals surface area contributed by atoms with Crippen LogP contribution < -0.4 is 15.8 Å². The van der Waals surface area contributed by atoms with E-state index in [0.717, 1.165) is 0 Å². The van der Waals surface area contributed by atoms with E-state index in [0.29, 0.717) is 33.2 Å². The van der Waals surface area contributed by atoms with Gasteiger partial charge in [-0.15, -0.1) is 0 Å². The quantitative estimate of drug-likeness (QED) is 0.0935. The maximum atomic E-state index is 13.3. The molecule has 0 aliphatic heterocycles. The maximum absolute atomic E-state index is 13.3. The number of aliphatic hydroxyl groups excluding tert-OH is 2. The van der Waals surface area contributed by atoms with Crippen LogP contribution in [0.2, 0.25) is 0 Å². The van der Waals surface area contributed by atoms with E-state index in [1.54, 1.807) is 30.3 Å². The number of aliphatic hydroxyl groups is 2. The van der Waals surface area contributed by atoms with E-state index >= 15 is 0 Å². The van der Waals surface area contributed by atoms with Crippen molar-refractivity contribution in [3.63, 3.8) is 0 Å². The van der Waals surface area contributed by atoms with Gasteiger partial charge in [0, 0.05) is 22.5 Å². The van der Waals surface area contributed by atoms with Crippen LogP contribution in [0.1, 0.15) is 11.7 Å². The number of nitrogens with zero attached hydrogens (tertiary/aromatic N) is 1. The molecule has 0 spiro atoms. The molecular formula is C24H26N3O9PS. The van der Waals surface area contributed by atoms with Gasteiger partial charge in [0.05, 0.1) is 30.4 Å². The van der Waals surface area contributed by atoms with Gasteiger partial charge in [0.15, 0.2) is 9.84 Å². The molecule has 0 bridgehead atoms. The molecule has 2 atom stereocenters. The van der Waals surface area contributed by atoms with Gasteiger partial charge in [-0.25, -0.2) is 18.0 Å². The summed E-state index contributed by atoms with van der Waals surface area (Å²) in [6.45, 7) is -0.828. The molecule has 3 aromatic carbocycles. The van der Waals surface area contributed by atoms with Gasteiger partial charge < -0.3 is 35.8 Å². The zero-order valence-corrected chi connectivity index (χ0v) is 21.8. The Morgan fingerprint density at radius 2 is 1.76 bits per heavy atom. The average Bonchev–Trinajstić information content (AvgIpc) is 2.88. The Labute approximate surface area is 217 Å². The molecule has 0 radical (unpaired) electrons. The lowest BCUT2D eigenvalue weighted by Gasteiger charge is -2.23. The summed E-state index contributed by atoms with van der Waals surface area (Å²) in [4.78, 5) is 23.2. The first kappa shape index (κ1) is 27.7. The molecule has 0 saturated carbocycles. The van der Waals surface area contributed by atoms with Crippen LogP contribution in [0, 0.1) is 0 Å². The van der Waals surface area contributed by atoms with Crippen molar-refractivity contribution in [2.75, 3.05) is 30.6 Å². The van der Waals surface area contributed by atoms with Crippen molar-refractivity contribution in [1.29, 1.82) is 0 Å². The minimum absolute atomic E-state index is 0.0637. The van der Waals surface area contributed by atoms with Crippen LogP contribution in [0.3, 0.4) is 0 Å². The summed E-state index contributed by atoms with van der Waals surface area (Å²) < 4.78 is 48.0. The number of hydrogen-bond acceptors (Lipinski definition) is 10. The molecule has 1 heterocycles. The van der Waals surface area contributed by atoms with Crippen LogP contribution in [-0.2, 0) is 18.9 Å². The predicted octanol–water partition coefficient (Wildman–Crippen LogP) is 2.33. The Balaban J connectivity index is 1.84. The minimum Gasteiger partial charge on any atom is -0.495 e. The molecule has 0 aliphatic carbocycles. The fourth-order valence-electron chi connectivity index (χ4n) is 4.06. The largest absolute Gasteiger partial charge is 0.495 e. The zero-order chi connectivity index (χ0) is 27.7. The number of aromatic nitrogens is 1.